The lowest BCUT2D eigenvalue weighted by molar-refractivity contribution is -0.884. The molecule has 1 aliphatic carbocycles. The van der Waals surface area contributed by atoms with Crippen molar-refractivity contribution in [2.45, 2.75) is 51.0 Å². The van der Waals surface area contributed by atoms with Crippen molar-refractivity contribution in [3.8, 4) is 0 Å². The lowest BCUT2D eigenvalue weighted by Gasteiger charge is -2.44. The number of likely N-dealkylation sites (tertiary alicyclic amines) is 1. The Labute approximate surface area is 154 Å². The van der Waals surface area contributed by atoms with Gasteiger partial charge in [-0.25, -0.2) is 9.28 Å². The van der Waals surface area contributed by atoms with E-state index in [0.29, 0.717) is 19.5 Å². The van der Waals surface area contributed by atoms with Crippen LogP contribution in [-0.4, -0.2) is 34.4 Å². The Morgan fingerprint density at radius 2 is 1.76 bits per heavy atom. The van der Waals surface area contributed by atoms with Crippen molar-refractivity contribution in [2.24, 2.45) is 5.92 Å². The first kappa shape index (κ1) is 18.3. The van der Waals surface area contributed by atoms with E-state index in [1.807, 2.05) is 37.3 Å². The highest BCUT2D eigenvalue weighted by Crippen LogP contribution is 2.47. The summed E-state index contributed by atoms with van der Waals surface area (Å²) in [5, 5.41) is -0.314. The standard InChI is InChI=1S/C20H25NO3S/c1-2-21(18(23)17(22)15-9-6-7-10-15)14-8-13-20(21,19(24)25)16-11-4-3-5-12-16/h3-5,11-12,15H,2,6-10,13-14H2,1H3/p+1/t20-,21?/m0/s1. The van der Waals surface area contributed by atoms with Gasteiger partial charge in [-0.3, -0.25) is 9.59 Å². The third-order valence-corrected chi connectivity index (χ3v) is 6.65. The molecule has 1 unspecified atom stereocenters. The first-order valence-corrected chi connectivity index (χ1v) is 9.69. The molecule has 134 valence electrons. The minimum absolute atomic E-state index is 0.103. The lowest BCUT2D eigenvalue weighted by Crippen LogP contribution is -2.66. The van der Waals surface area contributed by atoms with Crippen LogP contribution in [0.25, 0.3) is 0 Å². The second-order valence-corrected chi connectivity index (χ2v) is 7.70. The third-order valence-electron chi connectivity index (χ3n) is 6.28. The van der Waals surface area contributed by atoms with Gasteiger partial charge in [-0.1, -0.05) is 55.8 Å². The second-order valence-electron chi connectivity index (χ2n) is 7.29. The maximum Gasteiger partial charge on any atom is 0.383 e. The number of benzene rings is 1. The number of Topliss-reactive ketones (excluding diaryl/α,β-unsaturated/α-hetero) is 1. The van der Waals surface area contributed by atoms with Crippen molar-refractivity contribution in [1.82, 2.24) is 0 Å². The lowest BCUT2D eigenvalue weighted by atomic mass is 9.85. The number of hydrogen-bond acceptors (Lipinski definition) is 3. The molecule has 0 radical (unpaired) electrons. The molecule has 25 heavy (non-hydrogen) atoms. The number of amides is 1. The summed E-state index contributed by atoms with van der Waals surface area (Å²) >= 11 is 4.21. The van der Waals surface area contributed by atoms with Crippen LogP contribution in [0.1, 0.15) is 51.0 Å². The highest BCUT2D eigenvalue weighted by Gasteiger charge is 2.64. The van der Waals surface area contributed by atoms with Crippen LogP contribution in [-0.2, 0) is 19.9 Å². The van der Waals surface area contributed by atoms with Crippen molar-refractivity contribution in [3.05, 3.63) is 35.9 Å². The minimum atomic E-state index is -1.05. The van der Waals surface area contributed by atoms with E-state index in [-0.39, 0.29) is 21.3 Å². The molecule has 0 aromatic heterocycles. The van der Waals surface area contributed by atoms with Crippen molar-refractivity contribution >= 4 is 29.4 Å². The smallest absolute Gasteiger partial charge is 0.284 e. The normalized spacial score (nSPS) is 29.7. The summed E-state index contributed by atoms with van der Waals surface area (Å²) < 4.78 is -0.103. The average Bonchev–Trinajstić information content (AvgIpc) is 3.29. The molecule has 0 spiro atoms. The Bertz CT molecular complexity index is 683. The summed E-state index contributed by atoms with van der Waals surface area (Å²) in [5.41, 5.74) is -0.258. The van der Waals surface area contributed by atoms with Crippen LogP contribution in [0.5, 0.6) is 0 Å². The molecule has 5 heteroatoms. The zero-order valence-electron chi connectivity index (χ0n) is 14.7. The van der Waals surface area contributed by atoms with Gasteiger partial charge in [0.05, 0.1) is 13.1 Å². The average molecular weight is 360 g/mol. The first-order chi connectivity index (χ1) is 12.0. The van der Waals surface area contributed by atoms with Gasteiger partial charge >= 0.3 is 5.91 Å². The van der Waals surface area contributed by atoms with Gasteiger partial charge in [0.2, 0.25) is 5.54 Å². The number of hydrogen-bond donors (Lipinski definition) is 1. The summed E-state index contributed by atoms with van der Waals surface area (Å²) in [6, 6.07) is 9.41. The number of carbonyl (C=O) groups is 3. The van der Waals surface area contributed by atoms with Gasteiger partial charge in [0, 0.05) is 24.3 Å². The Balaban J connectivity index is 2.09. The molecule has 0 N–H and O–H groups in total. The quantitative estimate of drug-likeness (QED) is 0.498. The van der Waals surface area contributed by atoms with Crippen molar-refractivity contribution in [3.63, 3.8) is 0 Å². The highest BCUT2D eigenvalue weighted by atomic mass is 32.1. The topological polar surface area (TPSA) is 51.2 Å². The molecule has 1 aromatic carbocycles. The maximum atomic E-state index is 13.4. The van der Waals surface area contributed by atoms with E-state index >= 15 is 0 Å². The molecule has 1 aromatic rings. The molecule has 1 amide bonds. The largest absolute Gasteiger partial charge is 0.383 e. The third kappa shape index (κ3) is 2.68. The van der Waals surface area contributed by atoms with Gasteiger partial charge in [-0.15, -0.1) is 0 Å². The Morgan fingerprint density at radius 3 is 2.32 bits per heavy atom. The molecular formula is C20H26NO3S+. The van der Waals surface area contributed by atoms with Crippen LogP contribution < -0.4 is 0 Å². The maximum absolute atomic E-state index is 13.4. The van der Waals surface area contributed by atoms with Gasteiger partial charge in [-0.2, -0.15) is 0 Å². The van der Waals surface area contributed by atoms with E-state index in [0.717, 1.165) is 37.7 Å². The predicted molar refractivity (Wildman–Crippen MR) is 99.0 cm³/mol. The molecule has 1 aliphatic heterocycles. The highest BCUT2D eigenvalue weighted by molar-refractivity contribution is 7.96. The van der Waals surface area contributed by atoms with Crippen LogP contribution in [0.2, 0.25) is 0 Å². The zero-order valence-corrected chi connectivity index (χ0v) is 15.6. The summed E-state index contributed by atoms with van der Waals surface area (Å²) in [6.45, 7) is 2.85. The monoisotopic (exact) mass is 360 g/mol. The molecule has 2 atom stereocenters. The van der Waals surface area contributed by atoms with E-state index in [1.54, 1.807) is 0 Å². The number of carbonyl (C=O) groups excluding carboxylic acids is 3. The number of rotatable bonds is 5. The second kappa shape index (κ2) is 7.04. The summed E-state index contributed by atoms with van der Waals surface area (Å²) in [4.78, 5) is 39.1. The van der Waals surface area contributed by atoms with Gasteiger partial charge in [0.1, 0.15) is 0 Å². The molecule has 2 fully saturated rings. The molecule has 3 rings (SSSR count). The summed E-state index contributed by atoms with van der Waals surface area (Å²) in [5.74, 6) is -0.840. The Hall–Kier alpha value is -1.46. The predicted octanol–water partition coefficient (Wildman–Crippen LogP) is 3.25. The fraction of sp³-hybridized carbons (Fsp3) is 0.550. The number of nitrogens with zero attached hydrogens (tertiary/aromatic N) is 1. The van der Waals surface area contributed by atoms with Gasteiger partial charge < -0.3 is 0 Å². The molecule has 1 heterocycles. The van der Waals surface area contributed by atoms with Crippen LogP contribution >= 0.6 is 12.6 Å². The molecule has 1 saturated carbocycles. The SMILES string of the molecule is CC[N+]1(C(=O)C(=O)C2CCCC2)CCC[C@@]1(C(=O)S)c1ccccc1. The zero-order chi connectivity index (χ0) is 18.1. The molecule has 1 saturated heterocycles. The first-order valence-electron chi connectivity index (χ1n) is 9.24. The summed E-state index contributed by atoms with van der Waals surface area (Å²) in [6.07, 6.45) is 4.88. The minimum Gasteiger partial charge on any atom is -0.284 e. The van der Waals surface area contributed by atoms with E-state index in [2.05, 4.69) is 12.6 Å². The van der Waals surface area contributed by atoms with Crippen LogP contribution in [0, 0.1) is 5.92 Å². The molecule has 4 nitrogen and oxygen atoms in total. The summed E-state index contributed by atoms with van der Waals surface area (Å²) in [7, 11) is 0. The number of thiol groups is 1. The van der Waals surface area contributed by atoms with Crippen LogP contribution in [0.3, 0.4) is 0 Å². The van der Waals surface area contributed by atoms with Crippen molar-refractivity contribution < 1.29 is 18.9 Å². The van der Waals surface area contributed by atoms with E-state index in [4.69, 9.17) is 0 Å². The van der Waals surface area contributed by atoms with Crippen LogP contribution in [0.15, 0.2) is 30.3 Å². The van der Waals surface area contributed by atoms with Crippen molar-refractivity contribution in [2.75, 3.05) is 13.1 Å². The van der Waals surface area contributed by atoms with Gasteiger partial charge in [-0.05, 0) is 19.8 Å². The Morgan fingerprint density at radius 1 is 1.12 bits per heavy atom. The number of quaternary nitrogens is 1. The van der Waals surface area contributed by atoms with Gasteiger partial charge in [0.15, 0.2) is 0 Å². The fourth-order valence-electron chi connectivity index (χ4n) is 4.95. The van der Waals surface area contributed by atoms with E-state index in [1.165, 1.54) is 0 Å². The van der Waals surface area contributed by atoms with Crippen molar-refractivity contribution in [1.29, 1.82) is 0 Å². The molecule has 0 bridgehead atoms. The fourth-order valence-corrected chi connectivity index (χ4v) is 5.38. The van der Waals surface area contributed by atoms with Crippen LogP contribution in [0.4, 0.5) is 0 Å². The molecular weight excluding hydrogens is 334 g/mol. The Kier molecular flexibility index (Phi) is 5.16. The van der Waals surface area contributed by atoms with Gasteiger partial charge in [0.25, 0.3) is 10.9 Å². The van der Waals surface area contributed by atoms with E-state index < -0.39 is 11.4 Å². The number of likely N-dealkylation sites (N-methyl/N-ethyl adjacent to an activating group) is 1. The van der Waals surface area contributed by atoms with E-state index in [9.17, 15) is 14.4 Å². The number of ketones is 1. The molecule has 2 aliphatic rings.